The number of carbonyl (C=O) groups is 1. The monoisotopic (exact) mass is 339 g/mol. The van der Waals surface area contributed by atoms with E-state index in [9.17, 15) is 4.79 Å². The van der Waals surface area contributed by atoms with Gasteiger partial charge < -0.3 is 9.42 Å². The summed E-state index contributed by atoms with van der Waals surface area (Å²) in [6, 6.07) is 7.68. The van der Waals surface area contributed by atoms with E-state index >= 15 is 0 Å². The first-order chi connectivity index (χ1) is 12.1. The molecule has 4 rings (SSSR count). The average molecular weight is 339 g/mol. The quantitative estimate of drug-likeness (QED) is 0.792. The van der Waals surface area contributed by atoms with Crippen LogP contribution < -0.4 is 0 Å². The van der Waals surface area contributed by atoms with Crippen molar-refractivity contribution in [2.75, 3.05) is 13.1 Å². The summed E-state index contributed by atoms with van der Waals surface area (Å²) in [6.45, 7) is 5.37. The lowest BCUT2D eigenvalue weighted by Crippen LogP contribution is -2.39. The van der Waals surface area contributed by atoms with Gasteiger partial charge in [-0.05, 0) is 18.9 Å². The molecule has 1 aromatic carbocycles. The number of hydrogen-bond acceptors (Lipinski definition) is 5. The predicted octanol–water partition coefficient (Wildman–Crippen LogP) is 3.09. The third kappa shape index (κ3) is 2.90. The number of carbonyl (C=O) groups excluding carboxylic acids is 1. The Morgan fingerprint density at radius 3 is 3.00 bits per heavy atom. The Hall–Kier alpha value is -2.70. The molecule has 1 aliphatic heterocycles. The molecule has 0 radical (unpaired) electrons. The first-order valence-electron chi connectivity index (χ1n) is 8.69. The molecule has 2 aromatic heterocycles. The van der Waals surface area contributed by atoms with E-state index in [0.29, 0.717) is 24.0 Å². The number of hydrogen-bond donors (Lipinski definition) is 1. The zero-order valence-corrected chi connectivity index (χ0v) is 14.4. The maximum Gasteiger partial charge on any atom is 0.275 e. The van der Waals surface area contributed by atoms with Gasteiger partial charge in [0.15, 0.2) is 11.5 Å². The molecule has 3 aromatic rings. The van der Waals surface area contributed by atoms with Gasteiger partial charge >= 0.3 is 0 Å². The number of fused-ring (bicyclic) bond motifs is 1. The molecule has 0 spiro atoms. The molecule has 1 saturated heterocycles. The Balaban J connectivity index is 1.55. The van der Waals surface area contributed by atoms with Crippen molar-refractivity contribution in [3.63, 3.8) is 0 Å². The first-order valence-corrected chi connectivity index (χ1v) is 8.69. The van der Waals surface area contributed by atoms with Gasteiger partial charge in [-0.15, -0.1) is 0 Å². The number of piperidine rings is 1. The molecular formula is C18H21N5O2. The summed E-state index contributed by atoms with van der Waals surface area (Å²) in [5.74, 6) is 1.62. The van der Waals surface area contributed by atoms with Gasteiger partial charge in [0, 0.05) is 30.3 Å². The molecular weight excluding hydrogens is 318 g/mol. The van der Waals surface area contributed by atoms with E-state index in [1.165, 1.54) is 0 Å². The van der Waals surface area contributed by atoms with E-state index < -0.39 is 0 Å². The first kappa shape index (κ1) is 15.8. The number of aromatic nitrogens is 4. The molecule has 1 aliphatic rings. The molecule has 1 amide bonds. The van der Waals surface area contributed by atoms with Gasteiger partial charge in [0.2, 0.25) is 5.89 Å². The summed E-state index contributed by atoms with van der Waals surface area (Å²) >= 11 is 0. The van der Waals surface area contributed by atoms with E-state index in [2.05, 4.69) is 20.3 Å². The second-order valence-corrected chi connectivity index (χ2v) is 6.85. The van der Waals surface area contributed by atoms with Crippen LogP contribution in [0.4, 0.5) is 0 Å². The molecule has 1 atom stereocenters. The average Bonchev–Trinajstić information content (AvgIpc) is 3.28. The van der Waals surface area contributed by atoms with Crippen molar-refractivity contribution in [2.24, 2.45) is 0 Å². The van der Waals surface area contributed by atoms with Gasteiger partial charge in [-0.1, -0.05) is 37.2 Å². The summed E-state index contributed by atoms with van der Waals surface area (Å²) in [4.78, 5) is 19.3. The van der Waals surface area contributed by atoms with Crippen LogP contribution in [0.2, 0.25) is 0 Å². The third-order valence-corrected chi connectivity index (χ3v) is 4.70. The Bertz CT molecular complexity index is 898. The predicted molar refractivity (Wildman–Crippen MR) is 92.4 cm³/mol. The van der Waals surface area contributed by atoms with Crippen LogP contribution in [0.1, 0.15) is 60.7 Å². The normalized spacial score (nSPS) is 18.2. The van der Waals surface area contributed by atoms with Crippen LogP contribution in [0.5, 0.6) is 0 Å². The number of amides is 1. The molecule has 3 heterocycles. The second kappa shape index (κ2) is 6.31. The van der Waals surface area contributed by atoms with Crippen molar-refractivity contribution in [2.45, 2.75) is 38.5 Å². The van der Waals surface area contributed by atoms with Gasteiger partial charge in [-0.25, -0.2) is 0 Å². The number of rotatable bonds is 3. The fourth-order valence-corrected chi connectivity index (χ4v) is 3.30. The highest BCUT2D eigenvalue weighted by Gasteiger charge is 2.30. The van der Waals surface area contributed by atoms with Crippen molar-refractivity contribution >= 4 is 16.8 Å². The summed E-state index contributed by atoms with van der Waals surface area (Å²) in [6.07, 6.45) is 1.88. The van der Waals surface area contributed by atoms with Crippen molar-refractivity contribution in [3.05, 3.63) is 41.7 Å². The Morgan fingerprint density at radius 1 is 1.36 bits per heavy atom. The molecule has 0 saturated carbocycles. The maximum atomic E-state index is 12.9. The van der Waals surface area contributed by atoms with Crippen LogP contribution in [0, 0.1) is 0 Å². The largest absolute Gasteiger partial charge is 0.339 e. The fraction of sp³-hybridized carbons (Fsp3) is 0.444. The van der Waals surface area contributed by atoms with Crippen LogP contribution in [0.3, 0.4) is 0 Å². The second-order valence-electron chi connectivity index (χ2n) is 6.85. The molecule has 0 bridgehead atoms. The van der Waals surface area contributed by atoms with Crippen LogP contribution in [0.25, 0.3) is 10.9 Å². The number of nitrogens with zero attached hydrogens (tertiary/aromatic N) is 4. The summed E-state index contributed by atoms with van der Waals surface area (Å²) in [5, 5.41) is 12.1. The van der Waals surface area contributed by atoms with E-state index in [1.54, 1.807) is 0 Å². The zero-order valence-electron chi connectivity index (χ0n) is 14.4. The van der Waals surface area contributed by atoms with E-state index in [1.807, 2.05) is 43.0 Å². The molecule has 25 heavy (non-hydrogen) atoms. The van der Waals surface area contributed by atoms with Crippen molar-refractivity contribution in [3.8, 4) is 0 Å². The minimum atomic E-state index is -0.0465. The van der Waals surface area contributed by atoms with Crippen molar-refractivity contribution in [1.82, 2.24) is 25.2 Å². The van der Waals surface area contributed by atoms with Gasteiger partial charge in [0.05, 0.1) is 5.52 Å². The molecule has 7 nitrogen and oxygen atoms in total. The SMILES string of the molecule is CC(C)c1nc([C@@H]2CCCN(C(=O)c3n[nH]c4ccccc34)C2)no1. The Labute approximate surface area is 145 Å². The van der Waals surface area contributed by atoms with Crippen LogP contribution in [0.15, 0.2) is 28.8 Å². The van der Waals surface area contributed by atoms with Crippen molar-refractivity contribution < 1.29 is 9.32 Å². The number of benzene rings is 1. The number of aromatic amines is 1. The molecule has 1 N–H and O–H groups in total. The lowest BCUT2D eigenvalue weighted by atomic mass is 9.97. The maximum absolute atomic E-state index is 12.9. The van der Waals surface area contributed by atoms with E-state index in [0.717, 1.165) is 30.3 Å². The number of likely N-dealkylation sites (tertiary alicyclic amines) is 1. The lowest BCUT2D eigenvalue weighted by molar-refractivity contribution is 0.0699. The standard InChI is InChI=1S/C18H21N5O2/c1-11(2)17-19-16(22-25-17)12-6-5-9-23(10-12)18(24)15-13-7-3-4-8-14(13)20-21-15/h3-4,7-8,11-12H,5-6,9-10H2,1-2H3,(H,20,21)/t12-/m1/s1. The Morgan fingerprint density at radius 2 is 2.20 bits per heavy atom. The highest BCUT2D eigenvalue weighted by Crippen LogP contribution is 2.27. The molecule has 0 aliphatic carbocycles. The number of para-hydroxylation sites is 1. The summed E-state index contributed by atoms with van der Waals surface area (Å²) < 4.78 is 5.32. The van der Waals surface area contributed by atoms with Gasteiger partial charge in [-0.2, -0.15) is 10.1 Å². The van der Waals surface area contributed by atoms with Crippen LogP contribution >= 0.6 is 0 Å². The summed E-state index contributed by atoms with van der Waals surface area (Å²) in [7, 11) is 0. The molecule has 7 heteroatoms. The molecule has 130 valence electrons. The fourth-order valence-electron chi connectivity index (χ4n) is 3.30. The van der Waals surface area contributed by atoms with Gasteiger partial charge in [0.1, 0.15) is 0 Å². The Kier molecular flexibility index (Phi) is 3.99. The highest BCUT2D eigenvalue weighted by atomic mass is 16.5. The lowest BCUT2D eigenvalue weighted by Gasteiger charge is -2.30. The third-order valence-electron chi connectivity index (χ3n) is 4.70. The molecule has 0 unspecified atom stereocenters. The topological polar surface area (TPSA) is 87.9 Å². The number of H-pyrrole nitrogens is 1. The van der Waals surface area contributed by atoms with Gasteiger partial charge in [0.25, 0.3) is 5.91 Å². The van der Waals surface area contributed by atoms with Crippen LogP contribution in [-0.4, -0.2) is 44.2 Å². The number of nitrogens with one attached hydrogen (secondary N) is 1. The minimum Gasteiger partial charge on any atom is -0.339 e. The summed E-state index contributed by atoms with van der Waals surface area (Å²) in [5.41, 5.74) is 1.35. The van der Waals surface area contributed by atoms with Crippen LogP contribution in [-0.2, 0) is 0 Å². The van der Waals surface area contributed by atoms with E-state index in [-0.39, 0.29) is 17.7 Å². The van der Waals surface area contributed by atoms with E-state index in [4.69, 9.17) is 4.52 Å². The van der Waals surface area contributed by atoms with Gasteiger partial charge in [-0.3, -0.25) is 9.89 Å². The zero-order chi connectivity index (χ0) is 17.4. The highest BCUT2D eigenvalue weighted by molar-refractivity contribution is 6.04. The van der Waals surface area contributed by atoms with Crippen molar-refractivity contribution in [1.29, 1.82) is 0 Å². The minimum absolute atomic E-state index is 0.0465. The molecule has 1 fully saturated rings. The smallest absolute Gasteiger partial charge is 0.275 e.